The highest BCUT2D eigenvalue weighted by Crippen LogP contribution is 2.39. The van der Waals surface area contributed by atoms with Gasteiger partial charge in [-0.1, -0.05) is 87.4 Å². The van der Waals surface area contributed by atoms with Crippen molar-refractivity contribution in [1.29, 1.82) is 5.41 Å². The number of benzene rings is 2. The fourth-order valence-electron chi connectivity index (χ4n) is 5.93. The molecule has 3 atom stereocenters. The Labute approximate surface area is 249 Å². The second kappa shape index (κ2) is 14.3. The Morgan fingerprint density at radius 1 is 1.07 bits per heavy atom. The average molecular weight is 576 g/mol. The van der Waals surface area contributed by atoms with Gasteiger partial charge in [0.2, 0.25) is 5.91 Å². The first-order valence-electron chi connectivity index (χ1n) is 15.2. The monoisotopic (exact) mass is 575 g/mol. The summed E-state index contributed by atoms with van der Waals surface area (Å²) in [5, 5.41) is 17.8. The zero-order valence-electron chi connectivity index (χ0n) is 25.0. The van der Waals surface area contributed by atoms with Gasteiger partial charge in [-0.15, -0.1) is 0 Å². The minimum atomic E-state index is -0.956. The van der Waals surface area contributed by atoms with Gasteiger partial charge in [0.25, 0.3) is 5.91 Å². The number of methoxy groups -OCH3 is 1. The Hall–Kier alpha value is -3.88. The van der Waals surface area contributed by atoms with Gasteiger partial charge in [0.15, 0.2) is 5.96 Å². The number of carbonyl (C=O) groups is 3. The fourth-order valence-corrected chi connectivity index (χ4v) is 5.93. The maximum Gasteiger partial charge on any atom is 0.407 e. The molecule has 0 aromatic heterocycles. The van der Waals surface area contributed by atoms with Crippen molar-refractivity contribution in [3.05, 3.63) is 71.8 Å². The molecule has 1 saturated carbocycles. The maximum absolute atomic E-state index is 14.2. The predicted molar refractivity (Wildman–Crippen MR) is 163 cm³/mol. The molecule has 42 heavy (non-hydrogen) atoms. The quantitative estimate of drug-likeness (QED) is 0.229. The summed E-state index contributed by atoms with van der Waals surface area (Å²) in [7, 11) is 1.27. The third-order valence-corrected chi connectivity index (χ3v) is 8.20. The summed E-state index contributed by atoms with van der Waals surface area (Å²) in [6.45, 7) is 4.59. The van der Waals surface area contributed by atoms with Crippen molar-refractivity contribution >= 4 is 23.9 Å². The number of guanidine groups is 1. The molecule has 9 nitrogen and oxygen atoms in total. The van der Waals surface area contributed by atoms with Gasteiger partial charge < -0.3 is 20.7 Å². The molecule has 0 bridgehead atoms. The number of hydrogen-bond donors (Lipinski definition) is 4. The smallest absolute Gasteiger partial charge is 0.407 e. The van der Waals surface area contributed by atoms with Crippen molar-refractivity contribution in [2.24, 2.45) is 11.8 Å². The van der Waals surface area contributed by atoms with Crippen molar-refractivity contribution in [3.8, 4) is 0 Å². The fraction of sp³-hybridized carbons (Fsp3) is 0.515. The van der Waals surface area contributed by atoms with Crippen LogP contribution in [0.3, 0.4) is 0 Å². The molecule has 3 amide bonds. The summed E-state index contributed by atoms with van der Waals surface area (Å²) >= 11 is 0. The van der Waals surface area contributed by atoms with E-state index >= 15 is 0 Å². The second-order valence-corrected chi connectivity index (χ2v) is 12.0. The summed E-state index contributed by atoms with van der Waals surface area (Å²) in [4.78, 5) is 40.9. The van der Waals surface area contributed by atoms with Gasteiger partial charge in [-0.2, -0.15) is 0 Å². The zero-order chi connectivity index (χ0) is 30.1. The molecule has 1 heterocycles. The Morgan fingerprint density at radius 2 is 1.74 bits per heavy atom. The molecule has 2 aliphatic rings. The lowest BCUT2D eigenvalue weighted by Gasteiger charge is -2.31. The van der Waals surface area contributed by atoms with Crippen LogP contribution >= 0.6 is 0 Å². The lowest BCUT2D eigenvalue weighted by molar-refractivity contribution is -0.134. The third-order valence-electron chi connectivity index (χ3n) is 8.20. The zero-order valence-corrected chi connectivity index (χ0v) is 25.0. The Bertz CT molecular complexity index is 1220. The van der Waals surface area contributed by atoms with Crippen LogP contribution in [0.25, 0.3) is 0 Å². The molecule has 2 aromatic carbocycles. The largest absolute Gasteiger partial charge is 0.453 e. The highest BCUT2D eigenvalue weighted by Gasteiger charge is 2.52. The third kappa shape index (κ3) is 7.89. The molecule has 4 rings (SSSR count). The topological polar surface area (TPSA) is 124 Å². The standard InChI is InChI=1S/C33H45N5O4/c1-23(2)22-33(26-13-8-5-9-14-26)30(40)38(31(34)37-33)27(19-18-24-16-17-24)15-10-20-35-29(39)28(36-32(41)42-3)21-25-11-6-4-7-12-25/h4-9,11-14,23-24,27-28H,10,15-22H2,1-3H3,(H2,34,37)(H,35,39)(H,36,41)/t27?,28-,33+/m0/s1. The van der Waals surface area contributed by atoms with Crippen LogP contribution in [-0.2, 0) is 26.3 Å². The molecule has 2 aromatic rings. The summed E-state index contributed by atoms with van der Waals surface area (Å²) in [6.07, 6.45) is 5.87. The van der Waals surface area contributed by atoms with Gasteiger partial charge in [0, 0.05) is 19.0 Å². The van der Waals surface area contributed by atoms with Gasteiger partial charge in [0.1, 0.15) is 11.6 Å². The van der Waals surface area contributed by atoms with Crippen molar-refractivity contribution in [3.63, 3.8) is 0 Å². The van der Waals surface area contributed by atoms with Crippen molar-refractivity contribution in [2.75, 3.05) is 13.7 Å². The summed E-state index contributed by atoms with van der Waals surface area (Å²) < 4.78 is 4.73. The predicted octanol–water partition coefficient (Wildman–Crippen LogP) is 4.72. The molecule has 0 spiro atoms. The molecule has 1 aliphatic heterocycles. The number of nitrogens with one attached hydrogen (secondary N) is 4. The Morgan fingerprint density at radius 3 is 2.36 bits per heavy atom. The molecule has 0 radical (unpaired) electrons. The average Bonchev–Trinajstić information content (AvgIpc) is 3.78. The van der Waals surface area contributed by atoms with E-state index in [1.807, 2.05) is 60.7 Å². The highest BCUT2D eigenvalue weighted by atomic mass is 16.5. The van der Waals surface area contributed by atoms with E-state index in [9.17, 15) is 14.4 Å². The number of alkyl carbamates (subject to hydrolysis) is 1. The van der Waals surface area contributed by atoms with E-state index in [1.165, 1.54) is 20.0 Å². The first-order chi connectivity index (χ1) is 20.2. The summed E-state index contributed by atoms with van der Waals surface area (Å²) in [5.41, 5.74) is 0.853. The molecule has 9 heteroatoms. The van der Waals surface area contributed by atoms with Crippen LogP contribution in [0.2, 0.25) is 0 Å². The van der Waals surface area contributed by atoms with Crippen molar-refractivity contribution in [2.45, 2.75) is 82.8 Å². The van der Waals surface area contributed by atoms with Crippen LogP contribution in [0, 0.1) is 17.2 Å². The van der Waals surface area contributed by atoms with Crippen molar-refractivity contribution < 1.29 is 19.1 Å². The van der Waals surface area contributed by atoms with E-state index in [0.717, 1.165) is 24.0 Å². The number of ether oxygens (including phenoxy) is 1. The number of rotatable bonds is 15. The molecule has 2 fully saturated rings. The lowest BCUT2D eigenvalue weighted by Crippen LogP contribution is -2.48. The van der Waals surface area contributed by atoms with Crippen LogP contribution in [-0.4, -0.2) is 54.5 Å². The van der Waals surface area contributed by atoms with E-state index in [2.05, 4.69) is 29.8 Å². The normalized spacial score (nSPS) is 19.8. The molecule has 1 unspecified atom stereocenters. The minimum Gasteiger partial charge on any atom is -0.453 e. The SMILES string of the molecule is COC(=O)N[C@@H](Cc1ccccc1)C(=O)NCCCC(CCC1CC1)N1C(=N)N[C@](CC(C)C)(c2ccccc2)C1=O. The Kier molecular flexibility index (Phi) is 10.6. The number of hydrogen-bond acceptors (Lipinski definition) is 5. The van der Waals surface area contributed by atoms with Gasteiger partial charge in [-0.05, 0) is 55.1 Å². The van der Waals surface area contributed by atoms with Gasteiger partial charge in [-0.3, -0.25) is 19.9 Å². The van der Waals surface area contributed by atoms with Crippen LogP contribution in [0.5, 0.6) is 0 Å². The van der Waals surface area contributed by atoms with E-state index in [-0.39, 0.29) is 29.7 Å². The van der Waals surface area contributed by atoms with Crippen LogP contribution in [0.1, 0.15) is 69.9 Å². The summed E-state index contributed by atoms with van der Waals surface area (Å²) in [5.74, 6) is 0.745. The first kappa shape index (κ1) is 31.1. The van der Waals surface area contributed by atoms with Crippen LogP contribution < -0.4 is 16.0 Å². The van der Waals surface area contributed by atoms with Gasteiger partial charge >= 0.3 is 6.09 Å². The first-order valence-corrected chi connectivity index (χ1v) is 15.2. The molecule has 1 aliphatic carbocycles. The molecule has 4 N–H and O–H groups in total. The van der Waals surface area contributed by atoms with Crippen molar-refractivity contribution in [1.82, 2.24) is 20.9 Å². The lowest BCUT2D eigenvalue weighted by atomic mass is 9.82. The number of amides is 3. The van der Waals surface area contributed by atoms with E-state index in [4.69, 9.17) is 10.1 Å². The minimum absolute atomic E-state index is 0.0672. The maximum atomic E-state index is 14.2. The number of carbonyl (C=O) groups excluding carboxylic acids is 3. The summed E-state index contributed by atoms with van der Waals surface area (Å²) in [6, 6.07) is 18.3. The highest BCUT2D eigenvalue weighted by molar-refractivity contribution is 6.08. The molecular weight excluding hydrogens is 530 g/mol. The van der Waals surface area contributed by atoms with Gasteiger partial charge in [0.05, 0.1) is 7.11 Å². The van der Waals surface area contributed by atoms with Crippen LogP contribution in [0.4, 0.5) is 4.79 Å². The Balaban J connectivity index is 1.42. The van der Waals surface area contributed by atoms with E-state index in [1.54, 1.807) is 4.90 Å². The molecule has 226 valence electrons. The molecule has 1 saturated heterocycles. The number of nitrogens with zero attached hydrogens (tertiary/aromatic N) is 1. The second-order valence-electron chi connectivity index (χ2n) is 12.0. The van der Waals surface area contributed by atoms with Gasteiger partial charge in [-0.25, -0.2) is 4.79 Å². The van der Waals surface area contributed by atoms with E-state index in [0.29, 0.717) is 38.1 Å². The van der Waals surface area contributed by atoms with Crippen LogP contribution in [0.15, 0.2) is 60.7 Å². The van der Waals surface area contributed by atoms with E-state index < -0.39 is 17.7 Å². The molecular formula is C33H45N5O4.